The van der Waals surface area contributed by atoms with Gasteiger partial charge in [0, 0.05) is 18.6 Å². The summed E-state index contributed by atoms with van der Waals surface area (Å²) in [7, 11) is 1.78. The Bertz CT molecular complexity index is 890. The molecule has 0 amide bonds. The monoisotopic (exact) mass is 424 g/mol. The Morgan fingerprint density at radius 2 is 1.74 bits per heavy atom. The van der Waals surface area contributed by atoms with E-state index in [0.29, 0.717) is 18.4 Å². The second-order valence-corrected chi connectivity index (χ2v) is 10.9. The lowest BCUT2D eigenvalue weighted by atomic mass is 9.62. The van der Waals surface area contributed by atoms with Crippen LogP contribution in [-0.4, -0.2) is 26.3 Å². The highest BCUT2D eigenvalue weighted by atomic mass is 16.5. The zero-order valence-corrected chi connectivity index (χ0v) is 20.7. The number of benzene rings is 1. The highest BCUT2D eigenvalue weighted by Gasteiger charge is 2.60. The van der Waals surface area contributed by atoms with Gasteiger partial charge < -0.3 is 9.47 Å². The van der Waals surface area contributed by atoms with Crippen LogP contribution in [0.2, 0.25) is 0 Å². The first-order chi connectivity index (χ1) is 14.5. The zero-order valence-electron chi connectivity index (χ0n) is 20.7. The molecule has 1 aromatic rings. The first-order valence-corrected chi connectivity index (χ1v) is 11.6. The average molecular weight is 425 g/mol. The minimum Gasteiger partial charge on any atom is -0.463 e. The molecule has 0 radical (unpaired) electrons. The van der Waals surface area contributed by atoms with Crippen LogP contribution in [0.15, 0.2) is 42.0 Å². The molecule has 0 aliphatic heterocycles. The summed E-state index contributed by atoms with van der Waals surface area (Å²) in [5.74, 6) is 0.536. The SMILES string of the molecule is CCOC(=O)/C=C(C)/C=C/[C@@H]1[C@H](COC)[C@@]1(C)c1ccc2c(c1)C(C)(C)CCC2(C)C. The van der Waals surface area contributed by atoms with E-state index in [1.165, 1.54) is 29.5 Å². The molecule has 1 saturated carbocycles. The van der Waals surface area contributed by atoms with E-state index >= 15 is 0 Å². The van der Waals surface area contributed by atoms with E-state index in [1.807, 2.05) is 13.8 Å². The molecule has 2 aliphatic carbocycles. The lowest BCUT2D eigenvalue weighted by Gasteiger charge is -2.42. The Kier molecular flexibility index (Phi) is 6.58. The molecule has 3 nitrogen and oxygen atoms in total. The lowest BCUT2D eigenvalue weighted by molar-refractivity contribution is -0.137. The molecule has 1 aromatic carbocycles. The number of hydrogen-bond acceptors (Lipinski definition) is 3. The van der Waals surface area contributed by atoms with Crippen LogP contribution in [0.3, 0.4) is 0 Å². The third kappa shape index (κ3) is 4.53. The van der Waals surface area contributed by atoms with Crippen LogP contribution in [0.5, 0.6) is 0 Å². The van der Waals surface area contributed by atoms with E-state index < -0.39 is 0 Å². The standard InChI is InChI=1S/C28H40O3/c1-9-31-25(29)16-19(2)10-12-22-24(18-30-8)28(22,7)20-11-13-21-23(17-20)27(5,6)15-14-26(21,3)4/h10-13,16-17,22,24H,9,14-15,18H2,1-8H3/b12-10+,19-16+/t22-,24+,28+/m1/s1. The highest BCUT2D eigenvalue weighted by molar-refractivity contribution is 5.83. The van der Waals surface area contributed by atoms with Crippen molar-refractivity contribution in [2.45, 2.75) is 77.6 Å². The van der Waals surface area contributed by atoms with Crippen molar-refractivity contribution in [2.24, 2.45) is 11.8 Å². The molecule has 3 heteroatoms. The third-order valence-electron chi connectivity index (χ3n) is 7.81. The Morgan fingerprint density at radius 1 is 1.10 bits per heavy atom. The van der Waals surface area contributed by atoms with E-state index in [0.717, 1.165) is 12.2 Å². The first-order valence-electron chi connectivity index (χ1n) is 11.6. The number of esters is 1. The van der Waals surface area contributed by atoms with Gasteiger partial charge in [-0.15, -0.1) is 0 Å². The molecule has 0 unspecified atom stereocenters. The molecule has 170 valence electrons. The number of hydrogen-bond donors (Lipinski definition) is 0. The minimum atomic E-state index is -0.281. The van der Waals surface area contributed by atoms with Crippen LogP contribution >= 0.6 is 0 Å². The molecule has 0 bridgehead atoms. The maximum atomic E-state index is 11.7. The normalized spacial score (nSPS) is 29.0. The first kappa shape index (κ1) is 23.8. The minimum absolute atomic E-state index is 0.0451. The van der Waals surface area contributed by atoms with Crippen molar-refractivity contribution in [3.8, 4) is 0 Å². The number of carbonyl (C=O) groups is 1. The van der Waals surface area contributed by atoms with E-state index in [1.54, 1.807) is 13.2 Å². The van der Waals surface area contributed by atoms with Crippen molar-refractivity contribution in [1.82, 2.24) is 0 Å². The Hall–Kier alpha value is -1.87. The van der Waals surface area contributed by atoms with Crippen LogP contribution in [-0.2, 0) is 30.5 Å². The van der Waals surface area contributed by atoms with Gasteiger partial charge in [0.1, 0.15) is 0 Å². The summed E-state index contributed by atoms with van der Waals surface area (Å²) in [6.45, 7) is 16.8. The summed E-state index contributed by atoms with van der Waals surface area (Å²) >= 11 is 0. The van der Waals surface area contributed by atoms with Gasteiger partial charge in [0.2, 0.25) is 0 Å². The van der Waals surface area contributed by atoms with Gasteiger partial charge in [0.05, 0.1) is 13.2 Å². The molecule has 3 atom stereocenters. The topological polar surface area (TPSA) is 35.5 Å². The van der Waals surface area contributed by atoms with Gasteiger partial charge in [0.15, 0.2) is 0 Å². The van der Waals surface area contributed by atoms with Gasteiger partial charge >= 0.3 is 5.97 Å². The quantitative estimate of drug-likeness (QED) is 0.295. The number of rotatable bonds is 7. The van der Waals surface area contributed by atoms with Crippen LogP contribution < -0.4 is 0 Å². The van der Waals surface area contributed by atoms with Crippen molar-refractivity contribution in [2.75, 3.05) is 20.3 Å². The van der Waals surface area contributed by atoms with E-state index in [4.69, 9.17) is 9.47 Å². The fourth-order valence-electron chi connectivity index (χ4n) is 5.43. The number of carbonyl (C=O) groups excluding carboxylic acids is 1. The molecule has 0 spiro atoms. The van der Waals surface area contributed by atoms with Crippen molar-refractivity contribution < 1.29 is 14.3 Å². The molecule has 0 saturated heterocycles. The Morgan fingerprint density at radius 3 is 2.35 bits per heavy atom. The molecular formula is C28H40O3. The van der Waals surface area contributed by atoms with Crippen LogP contribution in [0.25, 0.3) is 0 Å². The number of allylic oxidation sites excluding steroid dienone is 3. The van der Waals surface area contributed by atoms with Gasteiger partial charge in [-0.25, -0.2) is 4.79 Å². The Labute approximate surface area is 188 Å². The van der Waals surface area contributed by atoms with Gasteiger partial charge in [0.25, 0.3) is 0 Å². The van der Waals surface area contributed by atoms with Gasteiger partial charge in [-0.1, -0.05) is 65.0 Å². The van der Waals surface area contributed by atoms with Gasteiger partial charge in [-0.05, 0) is 71.6 Å². The largest absolute Gasteiger partial charge is 0.463 e. The van der Waals surface area contributed by atoms with E-state index in [9.17, 15) is 4.79 Å². The maximum Gasteiger partial charge on any atom is 0.330 e. The van der Waals surface area contributed by atoms with E-state index in [-0.39, 0.29) is 22.2 Å². The predicted molar refractivity (Wildman–Crippen MR) is 127 cm³/mol. The van der Waals surface area contributed by atoms with Crippen LogP contribution in [0, 0.1) is 11.8 Å². The fourth-order valence-corrected chi connectivity index (χ4v) is 5.43. The number of ether oxygens (including phenoxy) is 2. The second kappa shape index (κ2) is 8.58. The fraction of sp³-hybridized carbons (Fsp3) is 0.607. The molecule has 0 N–H and O–H groups in total. The molecule has 1 fully saturated rings. The average Bonchev–Trinajstić information content (AvgIpc) is 3.27. The van der Waals surface area contributed by atoms with Crippen LogP contribution in [0.1, 0.15) is 78.0 Å². The van der Waals surface area contributed by atoms with Crippen LogP contribution in [0.4, 0.5) is 0 Å². The maximum absolute atomic E-state index is 11.7. The smallest absolute Gasteiger partial charge is 0.330 e. The summed E-state index contributed by atoms with van der Waals surface area (Å²) in [5, 5.41) is 0. The third-order valence-corrected chi connectivity index (χ3v) is 7.81. The summed E-state index contributed by atoms with van der Waals surface area (Å²) in [6, 6.07) is 7.21. The molecule has 31 heavy (non-hydrogen) atoms. The van der Waals surface area contributed by atoms with Crippen molar-refractivity contribution in [3.63, 3.8) is 0 Å². The summed E-state index contributed by atoms with van der Waals surface area (Å²) in [4.78, 5) is 11.7. The van der Waals surface area contributed by atoms with Crippen molar-refractivity contribution in [1.29, 1.82) is 0 Å². The highest BCUT2D eigenvalue weighted by Crippen LogP contribution is 2.61. The molecule has 2 aliphatic rings. The molecule has 0 aromatic heterocycles. The number of fused-ring (bicyclic) bond motifs is 1. The molecular weight excluding hydrogens is 384 g/mol. The van der Waals surface area contributed by atoms with E-state index in [2.05, 4.69) is 65.0 Å². The summed E-state index contributed by atoms with van der Waals surface area (Å²) in [5.41, 5.74) is 5.80. The van der Waals surface area contributed by atoms with Crippen molar-refractivity contribution >= 4 is 5.97 Å². The molecule has 0 heterocycles. The summed E-state index contributed by atoms with van der Waals surface area (Å²) in [6.07, 6.45) is 8.32. The van der Waals surface area contributed by atoms with Crippen molar-refractivity contribution in [3.05, 3.63) is 58.7 Å². The number of methoxy groups -OCH3 is 1. The van der Waals surface area contributed by atoms with Gasteiger partial charge in [-0.3, -0.25) is 0 Å². The second-order valence-electron chi connectivity index (χ2n) is 10.9. The Balaban J connectivity index is 1.92. The zero-order chi connectivity index (χ0) is 23.0. The summed E-state index contributed by atoms with van der Waals surface area (Å²) < 4.78 is 10.6. The predicted octanol–water partition coefficient (Wildman–Crippen LogP) is 6.25. The lowest BCUT2D eigenvalue weighted by Crippen LogP contribution is -2.34. The van der Waals surface area contributed by atoms with Gasteiger partial charge in [-0.2, -0.15) is 0 Å². The molecule has 3 rings (SSSR count).